The second kappa shape index (κ2) is 19.1. The molecule has 2 amide bonds. The fraction of sp³-hybridized carbons (Fsp3) is 0.419. The minimum Gasteiger partial charge on any atom is -0.748 e. The van der Waals surface area contributed by atoms with Gasteiger partial charge >= 0.3 is 35.5 Å². The van der Waals surface area contributed by atoms with Crippen LogP contribution in [-0.2, 0) is 37.4 Å². The molecule has 0 bridgehead atoms. The van der Waals surface area contributed by atoms with Crippen LogP contribution < -0.4 is 40.3 Å². The van der Waals surface area contributed by atoms with Crippen molar-refractivity contribution in [1.82, 2.24) is 15.2 Å². The smallest absolute Gasteiger partial charge is 0.748 e. The van der Waals surface area contributed by atoms with E-state index in [-0.39, 0.29) is 90.4 Å². The van der Waals surface area contributed by atoms with Crippen molar-refractivity contribution in [3.05, 3.63) is 80.3 Å². The number of nitrogens with one attached hydrogen (secondary N) is 2. The molecule has 0 radical (unpaired) electrons. The van der Waals surface area contributed by atoms with Gasteiger partial charge in [-0.05, 0) is 61.1 Å². The molecule has 0 saturated heterocycles. The Morgan fingerprint density at radius 1 is 1.02 bits per heavy atom. The summed E-state index contributed by atoms with van der Waals surface area (Å²) >= 11 is 5.88. The van der Waals surface area contributed by atoms with Gasteiger partial charge in [-0.2, -0.15) is 0 Å². The van der Waals surface area contributed by atoms with Crippen molar-refractivity contribution in [2.75, 3.05) is 26.0 Å². The summed E-state index contributed by atoms with van der Waals surface area (Å²) in [5.41, 5.74) is 0.569. The molecular weight excluding hydrogens is 652 g/mol. The van der Waals surface area contributed by atoms with E-state index >= 15 is 0 Å². The average molecular weight is 688 g/mol. The Morgan fingerprint density at radius 3 is 2.37 bits per heavy atom. The van der Waals surface area contributed by atoms with Crippen LogP contribution in [0.1, 0.15) is 66.4 Å². The molecule has 0 saturated carbocycles. The van der Waals surface area contributed by atoms with Crippen molar-refractivity contribution in [2.24, 2.45) is 0 Å². The molecule has 0 aliphatic rings. The Bertz CT molecular complexity index is 1670. The molecule has 15 heteroatoms. The Morgan fingerprint density at radius 2 is 1.70 bits per heavy atom. The quantitative estimate of drug-likeness (QED) is 0.0921. The van der Waals surface area contributed by atoms with E-state index in [1.807, 2.05) is 0 Å². The first kappa shape index (κ1) is 39.4. The minimum atomic E-state index is -4.37. The first-order chi connectivity index (χ1) is 21.3. The third-order valence-electron chi connectivity index (χ3n) is 7.11. The Kier molecular flexibility index (Phi) is 16.4. The fourth-order valence-electron chi connectivity index (χ4n) is 4.53. The molecule has 3 aromatic rings. The van der Waals surface area contributed by atoms with E-state index in [0.717, 1.165) is 5.56 Å². The van der Waals surface area contributed by atoms with Gasteiger partial charge in [-0.3, -0.25) is 19.2 Å². The normalized spacial score (nSPS) is 11.1. The summed E-state index contributed by atoms with van der Waals surface area (Å²) in [4.78, 5) is 53.7. The Hall–Kier alpha value is -2.81. The van der Waals surface area contributed by atoms with Crippen LogP contribution in [0.15, 0.2) is 47.4 Å². The molecule has 1 aromatic heterocycles. The Balaban J connectivity index is 0.00000736. The number of esters is 1. The zero-order chi connectivity index (χ0) is 33.0. The number of halogens is 2. The molecule has 0 fully saturated rings. The van der Waals surface area contributed by atoms with Gasteiger partial charge in [0.1, 0.15) is 11.4 Å². The van der Waals surface area contributed by atoms with Crippen LogP contribution in [0.25, 0.3) is 10.9 Å². The summed E-state index contributed by atoms with van der Waals surface area (Å²) in [6.45, 7) is 0.153. The number of carbonyl (C=O) groups is 3. The molecule has 0 unspecified atom stereocenters. The van der Waals surface area contributed by atoms with Gasteiger partial charge in [0.2, 0.25) is 11.3 Å². The molecule has 0 atom stereocenters. The number of pyridine rings is 1. The van der Waals surface area contributed by atoms with Gasteiger partial charge in [0.25, 0.3) is 5.91 Å². The molecule has 2 N–H and O–H groups in total. The number of aryl methyl sites for hydroxylation is 1. The zero-order valence-corrected chi connectivity index (χ0v) is 29.5. The number of H-pyrrole nitrogens is 1. The molecule has 3 rings (SSSR count). The van der Waals surface area contributed by atoms with Crippen molar-refractivity contribution < 1.29 is 66.0 Å². The van der Waals surface area contributed by atoms with E-state index < -0.39 is 33.0 Å². The molecule has 244 valence electrons. The topological polar surface area (TPSA) is 166 Å². The maximum Gasteiger partial charge on any atom is 1.00 e. The van der Waals surface area contributed by atoms with Crippen LogP contribution >= 0.6 is 11.6 Å². The van der Waals surface area contributed by atoms with Crippen LogP contribution in [0.5, 0.6) is 0 Å². The standard InChI is InChI=1S/C31H37ClFN3O8S.Na/c1-36(14-16-45(41,42)43)27(37)8-4-2-3-5-9-28(38)44-15-6-7-22-17-24-29(26(33)18-22)34-20-25(30(24)39)31(40)35-19-21-10-12-23(32)13-11-21;/h10-13,17-18,20H,2-9,14-16,19H2,1H3,(H,34,39)(H,35,40)(H,41,42,43);/q;+1/p-1. The van der Waals surface area contributed by atoms with Crippen molar-refractivity contribution in [1.29, 1.82) is 0 Å². The van der Waals surface area contributed by atoms with Gasteiger partial charge in [0.05, 0.1) is 28.0 Å². The predicted molar refractivity (Wildman–Crippen MR) is 166 cm³/mol. The van der Waals surface area contributed by atoms with E-state index in [0.29, 0.717) is 49.1 Å². The molecule has 46 heavy (non-hydrogen) atoms. The number of amides is 2. The molecule has 2 aromatic carbocycles. The van der Waals surface area contributed by atoms with Gasteiger partial charge in [-0.15, -0.1) is 0 Å². The first-order valence-corrected chi connectivity index (χ1v) is 16.5. The molecular formula is C31H36ClFN3NaO8S. The summed E-state index contributed by atoms with van der Waals surface area (Å²) in [5, 5.41) is 3.29. The fourth-order valence-corrected chi connectivity index (χ4v) is 5.16. The number of aromatic amines is 1. The van der Waals surface area contributed by atoms with Crippen LogP contribution in [-0.4, -0.2) is 66.6 Å². The van der Waals surface area contributed by atoms with E-state index in [1.54, 1.807) is 24.3 Å². The maximum atomic E-state index is 14.8. The van der Waals surface area contributed by atoms with Crippen molar-refractivity contribution in [3.8, 4) is 0 Å². The number of rotatable bonds is 17. The number of aromatic nitrogens is 1. The van der Waals surface area contributed by atoms with Gasteiger partial charge in [-0.1, -0.05) is 36.6 Å². The van der Waals surface area contributed by atoms with E-state index in [4.69, 9.17) is 16.3 Å². The van der Waals surface area contributed by atoms with Gasteiger partial charge in [0, 0.05) is 49.6 Å². The summed E-state index contributed by atoms with van der Waals surface area (Å²) in [7, 11) is -2.92. The number of carbonyl (C=O) groups excluding carboxylic acids is 3. The van der Waals surface area contributed by atoms with Crippen molar-refractivity contribution >= 4 is 50.4 Å². The van der Waals surface area contributed by atoms with Crippen molar-refractivity contribution in [3.63, 3.8) is 0 Å². The van der Waals surface area contributed by atoms with Crippen LogP contribution in [0.4, 0.5) is 4.39 Å². The third kappa shape index (κ3) is 13.1. The maximum absolute atomic E-state index is 14.8. The van der Waals surface area contributed by atoms with E-state index in [1.165, 1.54) is 30.3 Å². The summed E-state index contributed by atoms with van der Waals surface area (Å²) < 4.78 is 52.1. The summed E-state index contributed by atoms with van der Waals surface area (Å²) in [5.74, 6) is -2.47. The summed E-state index contributed by atoms with van der Waals surface area (Å²) in [6.07, 6.45) is 4.91. The molecule has 1 heterocycles. The molecule has 0 aliphatic carbocycles. The molecule has 0 aliphatic heterocycles. The van der Waals surface area contributed by atoms with Gasteiger partial charge < -0.3 is 24.5 Å². The van der Waals surface area contributed by atoms with Gasteiger partial charge in [0.15, 0.2) is 0 Å². The second-order valence-corrected chi connectivity index (χ2v) is 12.6. The largest absolute Gasteiger partial charge is 1.00 e. The Labute approximate surface area is 294 Å². The first-order valence-electron chi connectivity index (χ1n) is 14.5. The molecule has 0 spiro atoms. The number of nitrogens with zero attached hydrogens (tertiary/aromatic N) is 1. The van der Waals surface area contributed by atoms with Gasteiger partial charge in [-0.25, -0.2) is 12.8 Å². The van der Waals surface area contributed by atoms with Crippen LogP contribution in [0, 0.1) is 5.82 Å². The van der Waals surface area contributed by atoms with E-state index in [9.17, 15) is 36.5 Å². The second-order valence-electron chi connectivity index (χ2n) is 10.7. The number of unbranched alkanes of at least 4 members (excludes halogenated alkanes) is 3. The predicted octanol–water partition coefficient (Wildman–Crippen LogP) is 1.07. The number of hydrogen-bond acceptors (Lipinski definition) is 8. The summed E-state index contributed by atoms with van der Waals surface area (Å²) in [6, 6.07) is 9.71. The van der Waals surface area contributed by atoms with Crippen LogP contribution in [0.3, 0.4) is 0 Å². The SMILES string of the molecule is CN(CCS(=O)(=O)[O-])C(=O)CCCCCCC(=O)OCCCc1cc(F)c2[nH]cc(C(=O)NCc3ccc(Cl)cc3)c(=O)c2c1.[Na+]. The number of benzene rings is 2. The monoisotopic (exact) mass is 687 g/mol. The van der Waals surface area contributed by atoms with Crippen LogP contribution in [0.2, 0.25) is 5.02 Å². The average Bonchev–Trinajstić information content (AvgIpc) is 2.99. The third-order valence-corrected chi connectivity index (χ3v) is 8.04. The number of ether oxygens (including phenoxy) is 1. The van der Waals surface area contributed by atoms with Crippen molar-refractivity contribution in [2.45, 2.75) is 57.9 Å². The van der Waals surface area contributed by atoms with E-state index in [2.05, 4.69) is 10.3 Å². The minimum absolute atomic E-state index is 0. The molecule has 11 nitrogen and oxygen atoms in total. The number of hydrogen-bond donors (Lipinski definition) is 2. The zero-order valence-electron chi connectivity index (χ0n) is 25.9. The number of fused-ring (bicyclic) bond motifs is 1.